The van der Waals surface area contributed by atoms with Gasteiger partial charge in [0.25, 0.3) is 11.8 Å². The highest BCUT2D eigenvalue weighted by Crippen LogP contribution is 2.25. The largest absolute Gasteiger partial charge is 0.481 e. The van der Waals surface area contributed by atoms with Gasteiger partial charge in [0, 0.05) is 19.0 Å². The Morgan fingerprint density at radius 2 is 1.73 bits per heavy atom. The fraction of sp³-hybridized carbons (Fsp3) is 0.333. The molecule has 0 aliphatic carbocycles. The molecule has 2 N–H and O–H groups in total. The number of amides is 3. The number of nitrogens with one attached hydrogen (secondary N) is 1. The fourth-order valence-corrected chi connectivity index (χ4v) is 2.35. The summed E-state index contributed by atoms with van der Waals surface area (Å²) >= 11 is 0. The minimum Gasteiger partial charge on any atom is -0.481 e. The SMILES string of the molecule is CC(CC(=O)NCCC(=O)O)N1C(=O)c2ccccc2C1=O. The molecule has 1 aromatic rings. The lowest BCUT2D eigenvalue weighted by Crippen LogP contribution is -2.41. The predicted molar refractivity (Wildman–Crippen MR) is 76.3 cm³/mol. The number of nitrogens with zero attached hydrogens (tertiary/aromatic N) is 1. The van der Waals surface area contributed by atoms with Crippen molar-refractivity contribution in [3.8, 4) is 0 Å². The Balaban J connectivity index is 1.98. The van der Waals surface area contributed by atoms with Gasteiger partial charge in [-0.1, -0.05) is 12.1 Å². The van der Waals surface area contributed by atoms with Crippen molar-refractivity contribution in [2.45, 2.75) is 25.8 Å². The van der Waals surface area contributed by atoms with E-state index < -0.39 is 29.7 Å². The Kier molecular flexibility index (Phi) is 4.55. The first-order valence-corrected chi connectivity index (χ1v) is 6.87. The van der Waals surface area contributed by atoms with Gasteiger partial charge in [0.15, 0.2) is 0 Å². The fourth-order valence-electron chi connectivity index (χ4n) is 2.35. The first-order valence-electron chi connectivity index (χ1n) is 6.87. The van der Waals surface area contributed by atoms with Crippen LogP contribution in [0.15, 0.2) is 24.3 Å². The summed E-state index contributed by atoms with van der Waals surface area (Å²) in [6, 6.07) is 5.91. The maximum Gasteiger partial charge on any atom is 0.305 e. The van der Waals surface area contributed by atoms with E-state index >= 15 is 0 Å². The first-order chi connectivity index (χ1) is 10.4. The minimum absolute atomic E-state index is 0.0169. The molecule has 1 aromatic carbocycles. The molecule has 1 heterocycles. The lowest BCUT2D eigenvalue weighted by Gasteiger charge is -2.21. The molecule has 3 amide bonds. The summed E-state index contributed by atoms with van der Waals surface area (Å²) in [4.78, 5) is 47.6. The topological polar surface area (TPSA) is 104 Å². The molecule has 116 valence electrons. The molecular formula is C15H16N2O5. The van der Waals surface area contributed by atoms with Gasteiger partial charge in [-0.25, -0.2) is 0 Å². The van der Waals surface area contributed by atoms with Gasteiger partial charge in [-0.15, -0.1) is 0 Å². The van der Waals surface area contributed by atoms with Gasteiger partial charge >= 0.3 is 5.97 Å². The van der Waals surface area contributed by atoms with E-state index in [1.165, 1.54) is 0 Å². The van der Waals surface area contributed by atoms with E-state index in [1.807, 2.05) is 0 Å². The Hall–Kier alpha value is -2.70. The smallest absolute Gasteiger partial charge is 0.305 e. The molecular weight excluding hydrogens is 288 g/mol. The summed E-state index contributed by atoms with van der Waals surface area (Å²) in [7, 11) is 0. The van der Waals surface area contributed by atoms with Crippen LogP contribution in [0.1, 0.15) is 40.5 Å². The zero-order chi connectivity index (χ0) is 16.3. The number of hydrogen-bond donors (Lipinski definition) is 2. The lowest BCUT2D eigenvalue weighted by molar-refractivity contribution is -0.136. The molecule has 0 saturated heterocycles. The maximum atomic E-state index is 12.2. The second-order valence-corrected chi connectivity index (χ2v) is 5.07. The van der Waals surface area contributed by atoms with Gasteiger partial charge in [-0.2, -0.15) is 0 Å². The molecule has 2 rings (SSSR count). The van der Waals surface area contributed by atoms with Gasteiger partial charge in [-0.05, 0) is 19.1 Å². The van der Waals surface area contributed by atoms with E-state index in [-0.39, 0.29) is 19.4 Å². The molecule has 1 unspecified atom stereocenters. The van der Waals surface area contributed by atoms with Crippen molar-refractivity contribution in [1.29, 1.82) is 0 Å². The average Bonchev–Trinajstić information content (AvgIpc) is 2.71. The van der Waals surface area contributed by atoms with Crippen LogP contribution in [0.5, 0.6) is 0 Å². The van der Waals surface area contributed by atoms with Gasteiger partial charge in [0.05, 0.1) is 17.5 Å². The Morgan fingerprint density at radius 1 is 1.18 bits per heavy atom. The van der Waals surface area contributed by atoms with E-state index in [1.54, 1.807) is 31.2 Å². The average molecular weight is 304 g/mol. The predicted octanol–water partition coefficient (Wildman–Crippen LogP) is 0.652. The zero-order valence-electron chi connectivity index (χ0n) is 12.0. The van der Waals surface area contributed by atoms with Gasteiger partial charge < -0.3 is 10.4 Å². The first kappa shape index (κ1) is 15.7. The molecule has 7 nitrogen and oxygen atoms in total. The highest BCUT2D eigenvalue weighted by Gasteiger charge is 2.38. The van der Waals surface area contributed by atoms with Crippen molar-refractivity contribution in [1.82, 2.24) is 10.2 Å². The molecule has 0 saturated carbocycles. The van der Waals surface area contributed by atoms with Crippen LogP contribution in [-0.4, -0.2) is 46.3 Å². The molecule has 1 aliphatic heterocycles. The Labute approximate surface area is 126 Å². The van der Waals surface area contributed by atoms with Crippen LogP contribution in [0.3, 0.4) is 0 Å². The van der Waals surface area contributed by atoms with Crippen molar-refractivity contribution in [2.24, 2.45) is 0 Å². The number of hydrogen-bond acceptors (Lipinski definition) is 4. The van der Waals surface area contributed by atoms with Crippen molar-refractivity contribution in [3.63, 3.8) is 0 Å². The highest BCUT2D eigenvalue weighted by atomic mass is 16.4. The van der Waals surface area contributed by atoms with Crippen LogP contribution in [0.25, 0.3) is 0 Å². The molecule has 0 spiro atoms. The summed E-state index contributed by atoms with van der Waals surface area (Å²) in [5.74, 6) is -2.23. The Morgan fingerprint density at radius 3 is 2.23 bits per heavy atom. The van der Waals surface area contributed by atoms with Gasteiger partial charge in [0.2, 0.25) is 5.91 Å². The standard InChI is InChI=1S/C15H16N2O5/c1-9(8-12(18)16-7-6-13(19)20)17-14(21)10-4-2-3-5-11(10)15(17)22/h2-5,9H,6-8H2,1H3,(H,16,18)(H,19,20). The summed E-state index contributed by atoms with van der Waals surface area (Å²) in [5, 5.41) is 11.0. The number of carbonyl (C=O) groups is 4. The number of aliphatic carboxylic acids is 1. The monoisotopic (exact) mass is 304 g/mol. The van der Waals surface area contributed by atoms with E-state index in [0.29, 0.717) is 11.1 Å². The number of carboxylic acids is 1. The van der Waals surface area contributed by atoms with Gasteiger partial charge in [-0.3, -0.25) is 24.1 Å². The second kappa shape index (κ2) is 6.38. The molecule has 0 aromatic heterocycles. The Bertz CT molecular complexity index is 606. The lowest BCUT2D eigenvalue weighted by atomic mass is 10.1. The van der Waals surface area contributed by atoms with Crippen LogP contribution in [0, 0.1) is 0 Å². The summed E-state index contributed by atoms with van der Waals surface area (Å²) < 4.78 is 0. The maximum absolute atomic E-state index is 12.2. The van der Waals surface area contributed by atoms with E-state index in [9.17, 15) is 19.2 Å². The highest BCUT2D eigenvalue weighted by molar-refractivity contribution is 6.21. The van der Waals surface area contributed by atoms with Crippen LogP contribution < -0.4 is 5.32 Å². The summed E-state index contributed by atoms with van der Waals surface area (Å²) in [5.41, 5.74) is 0.677. The number of carbonyl (C=O) groups excluding carboxylic acids is 3. The van der Waals surface area contributed by atoms with Crippen LogP contribution >= 0.6 is 0 Å². The number of carboxylic acid groups (broad SMARTS) is 1. The number of rotatable bonds is 6. The normalized spacial score (nSPS) is 14.7. The van der Waals surface area contributed by atoms with Crippen molar-refractivity contribution < 1.29 is 24.3 Å². The molecule has 1 atom stereocenters. The molecule has 0 bridgehead atoms. The third-order valence-corrected chi connectivity index (χ3v) is 3.41. The molecule has 0 radical (unpaired) electrons. The summed E-state index contributed by atoms with van der Waals surface area (Å²) in [6.07, 6.45) is -0.238. The second-order valence-electron chi connectivity index (χ2n) is 5.07. The number of imide groups is 1. The summed E-state index contributed by atoms with van der Waals surface area (Å²) in [6.45, 7) is 1.63. The van der Waals surface area contributed by atoms with Gasteiger partial charge in [0.1, 0.15) is 0 Å². The van der Waals surface area contributed by atoms with Crippen molar-refractivity contribution in [3.05, 3.63) is 35.4 Å². The third-order valence-electron chi connectivity index (χ3n) is 3.41. The number of fused-ring (bicyclic) bond motifs is 1. The van der Waals surface area contributed by atoms with E-state index in [2.05, 4.69) is 5.32 Å². The minimum atomic E-state index is -1.01. The third kappa shape index (κ3) is 3.13. The van der Waals surface area contributed by atoms with Crippen molar-refractivity contribution in [2.75, 3.05) is 6.54 Å². The van der Waals surface area contributed by atoms with E-state index in [0.717, 1.165) is 4.90 Å². The van der Waals surface area contributed by atoms with Crippen LogP contribution in [0.4, 0.5) is 0 Å². The molecule has 22 heavy (non-hydrogen) atoms. The van der Waals surface area contributed by atoms with Crippen LogP contribution in [0.2, 0.25) is 0 Å². The molecule has 0 fully saturated rings. The van der Waals surface area contributed by atoms with E-state index in [4.69, 9.17) is 5.11 Å². The molecule has 1 aliphatic rings. The van der Waals surface area contributed by atoms with Crippen molar-refractivity contribution >= 4 is 23.7 Å². The zero-order valence-corrected chi connectivity index (χ0v) is 12.0. The van der Waals surface area contributed by atoms with Crippen LogP contribution in [-0.2, 0) is 9.59 Å². The number of benzene rings is 1. The quantitative estimate of drug-likeness (QED) is 0.751. The molecule has 7 heteroatoms.